The Morgan fingerprint density at radius 1 is 1.29 bits per heavy atom. The molecule has 0 aliphatic rings. The van der Waals surface area contributed by atoms with E-state index < -0.39 is 0 Å². The summed E-state index contributed by atoms with van der Waals surface area (Å²) in [5.74, 6) is 0. The second-order valence-electron chi connectivity index (χ2n) is 3.53. The van der Waals surface area contributed by atoms with E-state index in [1.165, 1.54) is 5.56 Å². The highest BCUT2D eigenvalue weighted by molar-refractivity contribution is 6.30. The third kappa shape index (κ3) is 3.66. The van der Waals surface area contributed by atoms with E-state index in [1.54, 1.807) is 6.92 Å². The van der Waals surface area contributed by atoms with Crippen LogP contribution >= 0.6 is 11.6 Å². The van der Waals surface area contributed by atoms with Crippen molar-refractivity contribution in [3.63, 3.8) is 0 Å². The predicted molar refractivity (Wildman–Crippen MR) is 59.6 cm³/mol. The molecule has 78 valence electrons. The zero-order valence-electron chi connectivity index (χ0n) is 8.50. The molecule has 2 nitrogen and oxygen atoms in total. The molecule has 14 heavy (non-hydrogen) atoms. The van der Waals surface area contributed by atoms with Crippen LogP contribution in [-0.4, -0.2) is 17.8 Å². The van der Waals surface area contributed by atoms with Gasteiger partial charge in [-0.3, -0.25) is 0 Å². The molecule has 0 spiro atoms. The van der Waals surface area contributed by atoms with Crippen molar-refractivity contribution in [3.8, 4) is 0 Å². The SMILES string of the molecule is CC(O)CN[C@@H](C)c1ccc(Cl)cc1. The fraction of sp³-hybridized carbons (Fsp3) is 0.455. The molecule has 0 aliphatic carbocycles. The Morgan fingerprint density at radius 3 is 2.36 bits per heavy atom. The minimum atomic E-state index is -0.315. The second kappa shape index (κ2) is 5.35. The Balaban J connectivity index is 2.52. The largest absolute Gasteiger partial charge is 0.392 e. The lowest BCUT2D eigenvalue weighted by Gasteiger charge is -2.15. The molecule has 1 aromatic rings. The van der Waals surface area contributed by atoms with Crippen molar-refractivity contribution in [2.45, 2.75) is 26.0 Å². The molecule has 0 saturated carbocycles. The maximum atomic E-state index is 9.11. The Labute approximate surface area is 89.9 Å². The van der Waals surface area contributed by atoms with Gasteiger partial charge >= 0.3 is 0 Å². The minimum absolute atomic E-state index is 0.238. The summed E-state index contributed by atoms with van der Waals surface area (Å²) in [7, 11) is 0. The molecule has 2 atom stereocenters. The van der Waals surface area contributed by atoms with Gasteiger partial charge in [0.2, 0.25) is 0 Å². The summed E-state index contributed by atoms with van der Waals surface area (Å²) in [6.45, 7) is 4.43. The van der Waals surface area contributed by atoms with Crippen LogP contribution in [0, 0.1) is 0 Å². The van der Waals surface area contributed by atoms with E-state index >= 15 is 0 Å². The van der Waals surface area contributed by atoms with Crippen LogP contribution in [0.4, 0.5) is 0 Å². The topological polar surface area (TPSA) is 32.3 Å². The second-order valence-corrected chi connectivity index (χ2v) is 3.97. The molecule has 0 radical (unpaired) electrons. The Kier molecular flexibility index (Phi) is 4.39. The van der Waals surface area contributed by atoms with Gasteiger partial charge in [-0.2, -0.15) is 0 Å². The molecule has 2 N–H and O–H groups in total. The molecule has 0 amide bonds. The summed E-state index contributed by atoms with van der Waals surface area (Å²) in [5.41, 5.74) is 1.18. The summed E-state index contributed by atoms with van der Waals surface area (Å²) < 4.78 is 0. The van der Waals surface area contributed by atoms with Crippen LogP contribution in [0.1, 0.15) is 25.5 Å². The van der Waals surface area contributed by atoms with E-state index in [2.05, 4.69) is 12.2 Å². The van der Waals surface area contributed by atoms with Crippen molar-refractivity contribution in [2.75, 3.05) is 6.54 Å². The van der Waals surface area contributed by atoms with Gasteiger partial charge in [0.1, 0.15) is 0 Å². The first-order valence-corrected chi connectivity index (χ1v) is 5.14. The molecule has 3 heteroatoms. The van der Waals surface area contributed by atoms with Gasteiger partial charge < -0.3 is 10.4 Å². The first kappa shape index (κ1) is 11.5. The molecule has 0 heterocycles. The number of halogens is 1. The van der Waals surface area contributed by atoms with Crippen LogP contribution in [0.5, 0.6) is 0 Å². The maximum absolute atomic E-state index is 9.11. The predicted octanol–water partition coefficient (Wildman–Crippen LogP) is 2.37. The highest BCUT2D eigenvalue weighted by Crippen LogP contribution is 2.15. The van der Waals surface area contributed by atoms with Crippen molar-refractivity contribution < 1.29 is 5.11 Å². The van der Waals surface area contributed by atoms with Gasteiger partial charge in [-0.05, 0) is 31.5 Å². The molecular weight excluding hydrogens is 198 g/mol. The smallest absolute Gasteiger partial charge is 0.0636 e. The first-order chi connectivity index (χ1) is 6.59. The molecule has 0 aliphatic heterocycles. The van der Waals surface area contributed by atoms with Crippen LogP contribution in [0.2, 0.25) is 5.02 Å². The number of rotatable bonds is 4. The zero-order valence-corrected chi connectivity index (χ0v) is 9.25. The van der Waals surface area contributed by atoms with E-state index in [9.17, 15) is 0 Å². The number of nitrogens with one attached hydrogen (secondary N) is 1. The summed E-state index contributed by atoms with van der Waals surface area (Å²) in [4.78, 5) is 0. The van der Waals surface area contributed by atoms with Crippen molar-refractivity contribution in [3.05, 3.63) is 34.9 Å². The minimum Gasteiger partial charge on any atom is -0.392 e. The van der Waals surface area contributed by atoms with Gasteiger partial charge in [0.25, 0.3) is 0 Å². The van der Waals surface area contributed by atoms with Gasteiger partial charge in [0.15, 0.2) is 0 Å². The van der Waals surface area contributed by atoms with E-state index in [1.807, 2.05) is 24.3 Å². The standard InChI is InChI=1S/C11H16ClNO/c1-8(14)7-13-9(2)10-3-5-11(12)6-4-10/h3-6,8-9,13-14H,7H2,1-2H3/t8?,9-/m0/s1. The number of aliphatic hydroxyl groups excluding tert-OH is 1. The molecule has 0 saturated heterocycles. The van der Waals surface area contributed by atoms with Gasteiger partial charge in [-0.15, -0.1) is 0 Å². The van der Waals surface area contributed by atoms with Crippen LogP contribution in [0.3, 0.4) is 0 Å². The molecule has 1 aromatic carbocycles. The average molecular weight is 214 g/mol. The van der Waals surface area contributed by atoms with E-state index in [-0.39, 0.29) is 12.1 Å². The van der Waals surface area contributed by atoms with Crippen LogP contribution in [0.25, 0.3) is 0 Å². The molecule has 1 unspecified atom stereocenters. The molecule has 0 aromatic heterocycles. The van der Waals surface area contributed by atoms with Gasteiger partial charge in [0.05, 0.1) is 6.10 Å². The Bertz CT molecular complexity index is 271. The Hall–Kier alpha value is -0.570. The zero-order chi connectivity index (χ0) is 10.6. The lowest BCUT2D eigenvalue weighted by molar-refractivity contribution is 0.187. The fourth-order valence-corrected chi connectivity index (χ4v) is 1.34. The third-order valence-corrected chi connectivity index (χ3v) is 2.34. The van der Waals surface area contributed by atoms with E-state index in [0.29, 0.717) is 6.54 Å². The van der Waals surface area contributed by atoms with Crippen LogP contribution < -0.4 is 5.32 Å². The number of hydrogen-bond donors (Lipinski definition) is 2. The molecule has 1 rings (SSSR count). The third-order valence-electron chi connectivity index (χ3n) is 2.09. The molecule has 0 bridgehead atoms. The highest BCUT2D eigenvalue weighted by atomic mass is 35.5. The molecule has 0 fully saturated rings. The van der Waals surface area contributed by atoms with Gasteiger partial charge in [-0.25, -0.2) is 0 Å². The monoisotopic (exact) mass is 213 g/mol. The average Bonchev–Trinajstić information content (AvgIpc) is 2.15. The number of benzene rings is 1. The Morgan fingerprint density at radius 2 is 1.86 bits per heavy atom. The maximum Gasteiger partial charge on any atom is 0.0636 e. The summed E-state index contributed by atoms with van der Waals surface area (Å²) in [6, 6.07) is 7.96. The van der Waals surface area contributed by atoms with Gasteiger partial charge in [0, 0.05) is 17.6 Å². The fourth-order valence-electron chi connectivity index (χ4n) is 1.22. The van der Waals surface area contributed by atoms with E-state index in [4.69, 9.17) is 16.7 Å². The summed E-state index contributed by atoms with van der Waals surface area (Å²) in [6.07, 6.45) is -0.315. The summed E-state index contributed by atoms with van der Waals surface area (Å²) >= 11 is 5.78. The summed E-state index contributed by atoms with van der Waals surface area (Å²) in [5, 5.41) is 13.1. The van der Waals surface area contributed by atoms with Crippen LogP contribution in [-0.2, 0) is 0 Å². The normalized spacial score (nSPS) is 15.1. The number of aliphatic hydroxyl groups is 1. The lowest BCUT2D eigenvalue weighted by atomic mass is 10.1. The van der Waals surface area contributed by atoms with Gasteiger partial charge in [-0.1, -0.05) is 23.7 Å². The van der Waals surface area contributed by atoms with Crippen molar-refractivity contribution >= 4 is 11.6 Å². The van der Waals surface area contributed by atoms with Crippen LogP contribution in [0.15, 0.2) is 24.3 Å². The number of hydrogen-bond acceptors (Lipinski definition) is 2. The quantitative estimate of drug-likeness (QED) is 0.805. The van der Waals surface area contributed by atoms with Crippen molar-refractivity contribution in [1.29, 1.82) is 0 Å². The molecular formula is C11H16ClNO. The van der Waals surface area contributed by atoms with E-state index in [0.717, 1.165) is 5.02 Å². The highest BCUT2D eigenvalue weighted by Gasteiger charge is 2.05. The lowest BCUT2D eigenvalue weighted by Crippen LogP contribution is -2.27. The van der Waals surface area contributed by atoms with Crippen molar-refractivity contribution in [2.24, 2.45) is 0 Å². The first-order valence-electron chi connectivity index (χ1n) is 4.76. The van der Waals surface area contributed by atoms with Crippen molar-refractivity contribution in [1.82, 2.24) is 5.32 Å².